The molecule has 0 saturated heterocycles. The van der Waals surface area contributed by atoms with Crippen molar-refractivity contribution < 1.29 is 19.4 Å². The van der Waals surface area contributed by atoms with Gasteiger partial charge in [-0.1, -0.05) is 13.8 Å². The molecule has 0 aliphatic heterocycles. The molecule has 0 heterocycles. The predicted molar refractivity (Wildman–Crippen MR) is 47.1 cm³/mol. The van der Waals surface area contributed by atoms with Gasteiger partial charge in [-0.2, -0.15) is 0 Å². The zero-order valence-electron chi connectivity index (χ0n) is 8.24. The van der Waals surface area contributed by atoms with Crippen molar-refractivity contribution in [2.24, 2.45) is 5.92 Å². The summed E-state index contributed by atoms with van der Waals surface area (Å²) >= 11 is 0. The Morgan fingerprint density at radius 3 is 2.31 bits per heavy atom. The molecule has 4 nitrogen and oxygen atoms in total. The van der Waals surface area contributed by atoms with Gasteiger partial charge in [-0.15, -0.1) is 0 Å². The first kappa shape index (κ1) is 12.1. The number of Topliss-reactive ketones (excluding diaryl/α,β-unsaturated/α-hetero) is 1. The van der Waals surface area contributed by atoms with Crippen LogP contribution in [0.4, 0.5) is 0 Å². The van der Waals surface area contributed by atoms with E-state index < -0.39 is 18.0 Å². The van der Waals surface area contributed by atoms with Crippen LogP contribution in [0, 0.1) is 5.92 Å². The van der Waals surface area contributed by atoms with E-state index in [0.29, 0.717) is 6.42 Å². The Morgan fingerprint density at radius 1 is 1.38 bits per heavy atom. The van der Waals surface area contributed by atoms with Crippen LogP contribution in [0.3, 0.4) is 0 Å². The highest BCUT2D eigenvalue weighted by atomic mass is 16.5. The summed E-state index contributed by atoms with van der Waals surface area (Å²) in [6.45, 7) is 5.07. The molecule has 0 bridgehead atoms. The number of ether oxygens (including phenoxy) is 1. The Balaban J connectivity index is 4.16. The molecule has 0 aromatic heterocycles. The third kappa shape index (κ3) is 3.55. The van der Waals surface area contributed by atoms with E-state index in [9.17, 15) is 14.7 Å². The molecule has 0 amide bonds. The molecule has 76 valence electrons. The Kier molecular flexibility index (Phi) is 5.30. The highest BCUT2D eigenvalue weighted by molar-refractivity contribution is 5.87. The Hall–Kier alpha value is -0.900. The molecule has 0 aliphatic carbocycles. The summed E-state index contributed by atoms with van der Waals surface area (Å²) in [5.74, 6) is -1.54. The molecular formula is C9H16O4. The second-order valence-electron chi connectivity index (χ2n) is 2.81. The van der Waals surface area contributed by atoms with Crippen LogP contribution >= 0.6 is 0 Å². The Bertz CT molecular complexity index is 188. The van der Waals surface area contributed by atoms with Gasteiger partial charge in [-0.05, 0) is 6.92 Å². The van der Waals surface area contributed by atoms with Crippen molar-refractivity contribution in [1.29, 1.82) is 0 Å². The van der Waals surface area contributed by atoms with Crippen molar-refractivity contribution in [3.05, 3.63) is 0 Å². The lowest BCUT2D eigenvalue weighted by molar-refractivity contribution is -0.158. The number of esters is 1. The molecule has 0 rings (SSSR count). The van der Waals surface area contributed by atoms with Gasteiger partial charge >= 0.3 is 5.97 Å². The maximum atomic E-state index is 11.1. The number of carbonyl (C=O) groups excluding carboxylic acids is 2. The standard InChI is InChI=1S/C9H16O4/c1-4-7(10)6(3)8(11)9(12)13-5-2/h6,8,11H,4-5H2,1-3H3. The molecule has 0 aromatic carbocycles. The molecule has 4 heteroatoms. The minimum absolute atomic E-state index is 0.138. The average molecular weight is 188 g/mol. The molecule has 0 spiro atoms. The van der Waals surface area contributed by atoms with Crippen molar-refractivity contribution in [2.75, 3.05) is 6.61 Å². The first-order valence-electron chi connectivity index (χ1n) is 4.42. The van der Waals surface area contributed by atoms with E-state index in [0.717, 1.165) is 0 Å². The molecule has 0 fully saturated rings. The van der Waals surface area contributed by atoms with E-state index >= 15 is 0 Å². The quantitative estimate of drug-likeness (QED) is 0.639. The van der Waals surface area contributed by atoms with Crippen LogP contribution in [0.1, 0.15) is 27.2 Å². The second-order valence-corrected chi connectivity index (χ2v) is 2.81. The van der Waals surface area contributed by atoms with Gasteiger partial charge in [0.2, 0.25) is 0 Å². The van der Waals surface area contributed by atoms with Gasteiger partial charge in [0.05, 0.1) is 12.5 Å². The zero-order chi connectivity index (χ0) is 10.4. The third-order valence-electron chi connectivity index (χ3n) is 1.86. The summed E-state index contributed by atoms with van der Waals surface area (Å²) < 4.78 is 4.58. The van der Waals surface area contributed by atoms with E-state index in [-0.39, 0.29) is 12.4 Å². The van der Waals surface area contributed by atoms with E-state index in [1.807, 2.05) is 0 Å². The van der Waals surface area contributed by atoms with Crippen LogP contribution in [-0.2, 0) is 14.3 Å². The lowest BCUT2D eigenvalue weighted by atomic mass is 9.98. The number of hydrogen-bond donors (Lipinski definition) is 1. The third-order valence-corrected chi connectivity index (χ3v) is 1.86. The van der Waals surface area contributed by atoms with Crippen LogP contribution in [0.5, 0.6) is 0 Å². The molecule has 1 N–H and O–H groups in total. The lowest BCUT2D eigenvalue weighted by Crippen LogP contribution is -2.34. The SMILES string of the molecule is CCOC(=O)C(O)C(C)C(=O)CC. The van der Waals surface area contributed by atoms with Gasteiger partial charge in [0, 0.05) is 6.42 Å². The van der Waals surface area contributed by atoms with Gasteiger partial charge in [0.25, 0.3) is 0 Å². The number of aliphatic hydroxyl groups excluding tert-OH is 1. The maximum Gasteiger partial charge on any atom is 0.335 e. The van der Waals surface area contributed by atoms with Gasteiger partial charge in [-0.25, -0.2) is 4.79 Å². The Morgan fingerprint density at radius 2 is 1.92 bits per heavy atom. The van der Waals surface area contributed by atoms with E-state index in [1.54, 1.807) is 13.8 Å². The zero-order valence-corrected chi connectivity index (χ0v) is 8.24. The molecular weight excluding hydrogens is 172 g/mol. The van der Waals surface area contributed by atoms with E-state index in [2.05, 4.69) is 4.74 Å². The highest BCUT2D eigenvalue weighted by Crippen LogP contribution is 2.08. The van der Waals surface area contributed by atoms with Gasteiger partial charge < -0.3 is 9.84 Å². The molecule has 0 radical (unpaired) electrons. The molecule has 0 aromatic rings. The van der Waals surface area contributed by atoms with Crippen LogP contribution in [0.2, 0.25) is 0 Å². The number of hydrogen-bond acceptors (Lipinski definition) is 4. The fourth-order valence-electron chi connectivity index (χ4n) is 0.930. The monoisotopic (exact) mass is 188 g/mol. The molecule has 0 aliphatic rings. The minimum atomic E-state index is -1.33. The smallest absolute Gasteiger partial charge is 0.335 e. The lowest BCUT2D eigenvalue weighted by Gasteiger charge is -2.15. The van der Waals surface area contributed by atoms with Crippen molar-refractivity contribution in [2.45, 2.75) is 33.3 Å². The van der Waals surface area contributed by atoms with Gasteiger partial charge in [0.15, 0.2) is 6.10 Å². The van der Waals surface area contributed by atoms with Crippen LogP contribution < -0.4 is 0 Å². The summed E-state index contributed by atoms with van der Waals surface area (Å²) in [5, 5.41) is 9.32. The van der Waals surface area contributed by atoms with E-state index in [4.69, 9.17) is 0 Å². The summed E-state index contributed by atoms with van der Waals surface area (Å²) in [4.78, 5) is 22.1. The predicted octanol–water partition coefficient (Wildman–Crippen LogP) is 0.526. The van der Waals surface area contributed by atoms with Crippen molar-refractivity contribution in [3.8, 4) is 0 Å². The van der Waals surface area contributed by atoms with Crippen LogP contribution in [0.15, 0.2) is 0 Å². The number of rotatable bonds is 5. The van der Waals surface area contributed by atoms with Crippen LogP contribution in [-0.4, -0.2) is 29.6 Å². The summed E-state index contributed by atoms with van der Waals surface area (Å²) in [6, 6.07) is 0. The first-order valence-corrected chi connectivity index (χ1v) is 4.42. The van der Waals surface area contributed by atoms with Gasteiger partial charge in [-0.3, -0.25) is 4.79 Å². The number of aliphatic hydroxyl groups is 1. The Labute approximate surface area is 77.9 Å². The fraction of sp³-hybridized carbons (Fsp3) is 0.778. The van der Waals surface area contributed by atoms with E-state index in [1.165, 1.54) is 6.92 Å². The molecule has 2 unspecified atom stereocenters. The number of ketones is 1. The number of carbonyl (C=O) groups is 2. The summed E-state index contributed by atoms with van der Waals surface area (Å²) in [5.41, 5.74) is 0. The largest absolute Gasteiger partial charge is 0.464 e. The topological polar surface area (TPSA) is 63.6 Å². The average Bonchev–Trinajstić information content (AvgIpc) is 2.14. The highest BCUT2D eigenvalue weighted by Gasteiger charge is 2.27. The van der Waals surface area contributed by atoms with Crippen molar-refractivity contribution in [3.63, 3.8) is 0 Å². The summed E-state index contributed by atoms with van der Waals surface area (Å²) in [7, 11) is 0. The summed E-state index contributed by atoms with van der Waals surface area (Å²) in [6.07, 6.45) is -1.01. The van der Waals surface area contributed by atoms with Crippen molar-refractivity contribution >= 4 is 11.8 Å². The molecule has 13 heavy (non-hydrogen) atoms. The first-order chi connectivity index (χ1) is 6.04. The molecule has 2 atom stereocenters. The molecule has 0 saturated carbocycles. The fourth-order valence-corrected chi connectivity index (χ4v) is 0.930. The second kappa shape index (κ2) is 5.70. The maximum absolute atomic E-state index is 11.1. The van der Waals surface area contributed by atoms with Gasteiger partial charge in [0.1, 0.15) is 5.78 Å². The van der Waals surface area contributed by atoms with Crippen LogP contribution in [0.25, 0.3) is 0 Å². The normalized spacial score (nSPS) is 14.8. The van der Waals surface area contributed by atoms with Crippen molar-refractivity contribution in [1.82, 2.24) is 0 Å². The minimum Gasteiger partial charge on any atom is -0.464 e.